The van der Waals surface area contributed by atoms with E-state index in [0.717, 1.165) is 22.6 Å². The molecule has 0 aliphatic heterocycles. The van der Waals surface area contributed by atoms with Gasteiger partial charge in [-0.25, -0.2) is 0 Å². The minimum absolute atomic E-state index is 0.0881. The van der Waals surface area contributed by atoms with E-state index >= 15 is 0 Å². The van der Waals surface area contributed by atoms with Crippen LogP contribution < -0.4 is 15.6 Å². The monoisotopic (exact) mass is 476 g/mol. The predicted octanol–water partition coefficient (Wildman–Crippen LogP) is 3.99. The molecule has 4 aromatic rings. The molecule has 0 fully saturated rings. The molecule has 0 aliphatic carbocycles. The Bertz CT molecular complexity index is 1370. The molecule has 0 unspecified atom stereocenters. The summed E-state index contributed by atoms with van der Waals surface area (Å²) in [4.78, 5) is 26.9. The molecule has 0 bridgehead atoms. The van der Waals surface area contributed by atoms with E-state index in [9.17, 15) is 9.59 Å². The minimum Gasteiger partial charge on any atom is -0.497 e. The average Bonchev–Trinajstić information content (AvgIpc) is 3.32. The maximum absolute atomic E-state index is 13.2. The molecule has 0 saturated carbocycles. The molecular weight excluding hydrogens is 448 g/mol. The van der Waals surface area contributed by atoms with Gasteiger partial charge in [-0.3, -0.25) is 9.59 Å². The molecule has 2 aromatic carbocycles. The topological polar surface area (TPSA) is 77.6 Å². The molecule has 176 valence electrons. The summed E-state index contributed by atoms with van der Waals surface area (Å²) in [5.74, 6) is 0.672. The zero-order valence-electron chi connectivity index (χ0n) is 19.8. The third kappa shape index (κ3) is 4.87. The van der Waals surface area contributed by atoms with Crippen LogP contribution in [0, 0.1) is 6.92 Å². The van der Waals surface area contributed by atoms with Gasteiger partial charge in [-0.2, -0.15) is 9.61 Å². The van der Waals surface area contributed by atoms with Gasteiger partial charge < -0.3 is 14.6 Å². The molecule has 2 heterocycles. The summed E-state index contributed by atoms with van der Waals surface area (Å²) in [6, 6.07) is 17.6. The van der Waals surface area contributed by atoms with Crippen molar-refractivity contribution < 1.29 is 9.53 Å². The van der Waals surface area contributed by atoms with Crippen LogP contribution in [0.1, 0.15) is 23.2 Å². The van der Waals surface area contributed by atoms with Crippen molar-refractivity contribution in [3.63, 3.8) is 0 Å². The lowest BCUT2D eigenvalue weighted by Gasteiger charge is -2.12. The van der Waals surface area contributed by atoms with Crippen LogP contribution in [0.2, 0.25) is 0 Å². The fraction of sp³-hybridized carbons (Fsp3) is 0.269. The molecule has 0 saturated heterocycles. The number of aryl methyl sites for hydroxylation is 1. The molecule has 2 aromatic heterocycles. The Morgan fingerprint density at radius 2 is 1.82 bits per heavy atom. The Labute approximate surface area is 202 Å². The number of thioether (sulfide) groups is 1. The number of nitrogens with zero attached hydrogens (tertiary/aromatic N) is 3. The van der Waals surface area contributed by atoms with Crippen molar-refractivity contribution in [2.75, 3.05) is 13.4 Å². The zero-order chi connectivity index (χ0) is 24.2. The second kappa shape index (κ2) is 10.2. The van der Waals surface area contributed by atoms with E-state index in [2.05, 4.69) is 10.4 Å². The first-order chi connectivity index (χ1) is 16.4. The summed E-state index contributed by atoms with van der Waals surface area (Å²) in [5, 5.41) is 7.50. The summed E-state index contributed by atoms with van der Waals surface area (Å²) in [6.45, 7) is 2.37. The number of fused-ring (bicyclic) bond motifs is 1. The second-order valence-electron chi connectivity index (χ2n) is 8.08. The number of carbonyl (C=O) groups excluding carboxylic acids is 1. The van der Waals surface area contributed by atoms with Crippen LogP contribution in [-0.4, -0.2) is 33.5 Å². The summed E-state index contributed by atoms with van der Waals surface area (Å²) < 4.78 is 8.59. The second-order valence-corrected chi connectivity index (χ2v) is 8.96. The number of hydrogen-bond donors (Lipinski definition) is 1. The molecule has 8 heteroatoms. The van der Waals surface area contributed by atoms with Crippen molar-refractivity contribution >= 4 is 23.3 Å². The van der Waals surface area contributed by atoms with E-state index in [1.54, 1.807) is 18.9 Å². The van der Waals surface area contributed by atoms with Crippen molar-refractivity contribution in [1.82, 2.24) is 19.5 Å². The van der Waals surface area contributed by atoms with E-state index in [1.807, 2.05) is 79.4 Å². The van der Waals surface area contributed by atoms with Gasteiger partial charge in [0.1, 0.15) is 11.4 Å². The van der Waals surface area contributed by atoms with Crippen molar-refractivity contribution in [3.05, 3.63) is 81.8 Å². The number of nitrogens with one attached hydrogen (secondary N) is 1. The highest BCUT2D eigenvalue weighted by Gasteiger charge is 2.16. The normalized spacial score (nSPS) is 11.1. The van der Waals surface area contributed by atoms with Crippen molar-refractivity contribution in [1.29, 1.82) is 0 Å². The standard InChI is InChI=1S/C26H28N4O3S/c1-17-22(13-14-24(31)27-16-18-5-11-21(34-4)12-6-18)26(32)30-25(29(17)2)15-23(28-30)19-7-9-20(33-3)10-8-19/h5-12,15H,13-14,16H2,1-4H3,(H,27,31). The Hall–Kier alpha value is -3.52. The van der Waals surface area contributed by atoms with E-state index < -0.39 is 0 Å². The number of ether oxygens (including phenoxy) is 1. The highest BCUT2D eigenvalue weighted by atomic mass is 32.2. The summed E-state index contributed by atoms with van der Waals surface area (Å²) >= 11 is 1.68. The Morgan fingerprint density at radius 3 is 2.47 bits per heavy atom. The SMILES string of the molecule is COc1ccc(-c2cc3n(C)c(C)c(CCC(=O)NCc4ccc(SC)cc4)c(=O)n3n2)cc1. The third-order valence-corrected chi connectivity index (χ3v) is 6.80. The Kier molecular flexibility index (Phi) is 7.07. The zero-order valence-corrected chi connectivity index (χ0v) is 20.6. The predicted molar refractivity (Wildman–Crippen MR) is 136 cm³/mol. The summed E-state index contributed by atoms with van der Waals surface area (Å²) in [7, 11) is 3.53. The van der Waals surface area contributed by atoms with Gasteiger partial charge in [-0.05, 0) is 61.6 Å². The number of rotatable bonds is 8. The summed E-state index contributed by atoms with van der Waals surface area (Å²) in [6.07, 6.45) is 2.62. The quantitative estimate of drug-likeness (QED) is 0.389. The average molecular weight is 477 g/mol. The molecule has 1 N–H and O–H groups in total. The first-order valence-corrected chi connectivity index (χ1v) is 12.3. The highest BCUT2D eigenvalue weighted by molar-refractivity contribution is 7.98. The number of benzene rings is 2. The van der Waals surface area contributed by atoms with Crippen molar-refractivity contribution in [3.8, 4) is 17.0 Å². The maximum atomic E-state index is 13.2. The van der Waals surface area contributed by atoms with Crippen LogP contribution in [0.5, 0.6) is 5.75 Å². The van der Waals surface area contributed by atoms with E-state index in [1.165, 1.54) is 9.41 Å². The highest BCUT2D eigenvalue weighted by Crippen LogP contribution is 2.23. The molecular formula is C26H28N4O3S. The van der Waals surface area contributed by atoms with E-state index in [-0.39, 0.29) is 17.9 Å². The van der Waals surface area contributed by atoms with Crippen LogP contribution in [0.3, 0.4) is 0 Å². The lowest BCUT2D eigenvalue weighted by Crippen LogP contribution is -2.27. The molecule has 0 atom stereocenters. The molecule has 0 spiro atoms. The molecule has 7 nitrogen and oxygen atoms in total. The van der Waals surface area contributed by atoms with Gasteiger partial charge in [0.25, 0.3) is 5.56 Å². The van der Waals surface area contributed by atoms with Gasteiger partial charge >= 0.3 is 0 Å². The lowest BCUT2D eigenvalue weighted by molar-refractivity contribution is -0.121. The van der Waals surface area contributed by atoms with Crippen LogP contribution in [0.4, 0.5) is 0 Å². The van der Waals surface area contributed by atoms with Crippen LogP contribution in [0.15, 0.2) is 64.3 Å². The fourth-order valence-electron chi connectivity index (χ4n) is 3.88. The molecule has 0 aliphatic rings. The van der Waals surface area contributed by atoms with Crippen LogP contribution in [-0.2, 0) is 24.8 Å². The van der Waals surface area contributed by atoms with Gasteiger partial charge in [-0.15, -0.1) is 11.8 Å². The Balaban J connectivity index is 1.50. The smallest absolute Gasteiger partial charge is 0.277 e. The van der Waals surface area contributed by atoms with Gasteiger partial charge in [0.05, 0.1) is 12.8 Å². The maximum Gasteiger partial charge on any atom is 0.277 e. The largest absolute Gasteiger partial charge is 0.497 e. The number of amides is 1. The van der Waals surface area contributed by atoms with Crippen molar-refractivity contribution in [2.24, 2.45) is 7.05 Å². The number of hydrogen-bond acceptors (Lipinski definition) is 5. The molecule has 4 rings (SSSR count). The van der Waals surface area contributed by atoms with Gasteiger partial charge in [-0.1, -0.05) is 12.1 Å². The lowest BCUT2D eigenvalue weighted by atomic mass is 10.1. The number of carbonyl (C=O) groups is 1. The summed E-state index contributed by atoms with van der Waals surface area (Å²) in [5.41, 5.74) is 4.59. The molecule has 34 heavy (non-hydrogen) atoms. The third-order valence-electron chi connectivity index (χ3n) is 6.06. The van der Waals surface area contributed by atoms with Gasteiger partial charge in [0.15, 0.2) is 0 Å². The number of methoxy groups -OCH3 is 1. The fourth-order valence-corrected chi connectivity index (χ4v) is 4.29. The van der Waals surface area contributed by atoms with E-state index in [4.69, 9.17) is 4.74 Å². The van der Waals surface area contributed by atoms with Crippen LogP contribution >= 0.6 is 11.8 Å². The first-order valence-electron chi connectivity index (χ1n) is 11.0. The van der Waals surface area contributed by atoms with Gasteiger partial charge in [0, 0.05) is 47.8 Å². The van der Waals surface area contributed by atoms with Crippen LogP contribution in [0.25, 0.3) is 16.9 Å². The van der Waals surface area contributed by atoms with Crippen molar-refractivity contribution in [2.45, 2.75) is 31.2 Å². The minimum atomic E-state index is -0.189. The van der Waals surface area contributed by atoms with Gasteiger partial charge in [0.2, 0.25) is 5.91 Å². The first kappa shape index (κ1) is 23.6. The Morgan fingerprint density at radius 1 is 1.12 bits per heavy atom. The molecule has 0 radical (unpaired) electrons. The number of aromatic nitrogens is 3. The molecule has 1 amide bonds. The van der Waals surface area contributed by atoms with E-state index in [0.29, 0.717) is 29.9 Å².